The van der Waals surface area contributed by atoms with Gasteiger partial charge in [0, 0.05) is 18.5 Å². The lowest BCUT2D eigenvalue weighted by Gasteiger charge is -2.15. The number of nitrogens with zero attached hydrogens (tertiary/aromatic N) is 1. The van der Waals surface area contributed by atoms with Crippen LogP contribution < -0.4 is 0 Å². The molecule has 0 radical (unpaired) electrons. The molecular weight excluding hydrogens is 258 g/mol. The van der Waals surface area contributed by atoms with E-state index in [-0.39, 0.29) is 12.1 Å². The van der Waals surface area contributed by atoms with Crippen molar-refractivity contribution in [2.75, 3.05) is 5.33 Å². The average molecular weight is 272 g/mol. The van der Waals surface area contributed by atoms with Crippen LogP contribution in [0.25, 0.3) is 0 Å². The third kappa shape index (κ3) is 4.42. The van der Waals surface area contributed by atoms with Crippen LogP contribution in [0.2, 0.25) is 0 Å². The summed E-state index contributed by atoms with van der Waals surface area (Å²) in [6.07, 6.45) is 3.23. The molecule has 0 bridgehead atoms. The fourth-order valence-corrected chi connectivity index (χ4v) is 1.62. The van der Waals surface area contributed by atoms with Gasteiger partial charge in [0.25, 0.3) is 0 Å². The number of ether oxygens (including phenoxy) is 1. The molecule has 82 valence electrons. The van der Waals surface area contributed by atoms with Gasteiger partial charge in [-0.05, 0) is 25.0 Å². The van der Waals surface area contributed by atoms with Crippen molar-refractivity contribution >= 4 is 21.9 Å². The fraction of sp³-hybridized carbons (Fsp3) is 0.455. The molecule has 15 heavy (non-hydrogen) atoms. The van der Waals surface area contributed by atoms with E-state index in [1.807, 2.05) is 18.2 Å². The largest absolute Gasteiger partial charge is 0.456 e. The van der Waals surface area contributed by atoms with Crippen LogP contribution in [0.1, 0.15) is 31.6 Å². The number of aromatic nitrogens is 1. The van der Waals surface area contributed by atoms with Crippen LogP contribution in [0.5, 0.6) is 0 Å². The van der Waals surface area contributed by atoms with Crippen LogP contribution in [0, 0.1) is 0 Å². The molecule has 0 amide bonds. The summed E-state index contributed by atoms with van der Waals surface area (Å²) in [5, 5.41) is 0.900. The molecule has 1 aromatic heterocycles. The average Bonchev–Trinajstić information content (AvgIpc) is 2.25. The Balaban J connectivity index is 2.67. The van der Waals surface area contributed by atoms with Crippen molar-refractivity contribution < 1.29 is 9.53 Å². The second-order valence-electron chi connectivity index (χ2n) is 3.18. The summed E-state index contributed by atoms with van der Waals surface area (Å²) in [4.78, 5) is 15.1. The summed E-state index contributed by atoms with van der Waals surface area (Å²) in [5.74, 6) is -0.264. The van der Waals surface area contributed by atoms with Gasteiger partial charge >= 0.3 is 5.97 Å². The molecule has 1 heterocycles. The van der Waals surface area contributed by atoms with Gasteiger partial charge in [-0.3, -0.25) is 9.78 Å². The first-order chi connectivity index (χ1) is 7.24. The maximum atomic E-state index is 10.9. The molecule has 1 rings (SSSR count). The lowest BCUT2D eigenvalue weighted by molar-refractivity contribution is -0.147. The van der Waals surface area contributed by atoms with Crippen LogP contribution in [-0.2, 0) is 9.53 Å². The Labute approximate surface area is 98.0 Å². The highest BCUT2D eigenvalue weighted by Gasteiger charge is 2.14. The second kappa shape index (κ2) is 6.56. The predicted molar refractivity (Wildman–Crippen MR) is 61.8 cm³/mol. The molecular formula is C11H14BrNO2. The quantitative estimate of drug-likeness (QED) is 0.611. The maximum Gasteiger partial charge on any atom is 0.303 e. The number of carbonyl (C=O) groups excluding carboxylic acids is 1. The molecule has 4 heteroatoms. The highest BCUT2D eigenvalue weighted by molar-refractivity contribution is 9.09. The highest BCUT2D eigenvalue weighted by Crippen LogP contribution is 2.21. The van der Waals surface area contributed by atoms with E-state index in [0.717, 1.165) is 23.9 Å². The summed E-state index contributed by atoms with van der Waals surface area (Å²) in [6.45, 7) is 1.42. The van der Waals surface area contributed by atoms with Crippen molar-refractivity contribution in [3.05, 3.63) is 30.1 Å². The number of halogens is 1. The van der Waals surface area contributed by atoms with Gasteiger partial charge in [-0.15, -0.1) is 0 Å². The first-order valence-corrected chi connectivity index (χ1v) is 6.00. The molecule has 0 aromatic carbocycles. The Hall–Kier alpha value is -0.900. The van der Waals surface area contributed by atoms with Gasteiger partial charge in [-0.2, -0.15) is 0 Å². The van der Waals surface area contributed by atoms with Gasteiger partial charge in [-0.1, -0.05) is 22.0 Å². The Kier molecular flexibility index (Phi) is 5.32. The third-order valence-corrected chi connectivity index (χ3v) is 2.49. The molecule has 1 unspecified atom stereocenters. The predicted octanol–water partition coefficient (Wildman–Crippen LogP) is 2.86. The number of carbonyl (C=O) groups is 1. The number of hydrogen-bond donors (Lipinski definition) is 0. The maximum absolute atomic E-state index is 10.9. The molecule has 0 aliphatic heterocycles. The Bertz CT molecular complexity index is 303. The van der Waals surface area contributed by atoms with Crippen molar-refractivity contribution in [2.45, 2.75) is 25.9 Å². The van der Waals surface area contributed by atoms with Gasteiger partial charge in [0.2, 0.25) is 0 Å². The van der Waals surface area contributed by atoms with Gasteiger partial charge in [0.05, 0.1) is 5.69 Å². The zero-order valence-electron chi connectivity index (χ0n) is 8.65. The van der Waals surface area contributed by atoms with Crippen molar-refractivity contribution in [1.29, 1.82) is 0 Å². The standard InChI is InChI=1S/C11H14BrNO2/c1-9(14)15-11(6-4-7-12)10-5-2-3-8-13-10/h2-3,5,8,11H,4,6-7H2,1H3. The summed E-state index contributed by atoms with van der Waals surface area (Å²) >= 11 is 3.36. The molecule has 3 nitrogen and oxygen atoms in total. The number of rotatable bonds is 5. The van der Waals surface area contributed by atoms with E-state index in [1.165, 1.54) is 6.92 Å². The molecule has 1 atom stereocenters. The Morgan fingerprint density at radius 1 is 1.60 bits per heavy atom. The van der Waals surface area contributed by atoms with Crippen molar-refractivity contribution in [3.8, 4) is 0 Å². The van der Waals surface area contributed by atoms with E-state index in [0.29, 0.717) is 0 Å². The first-order valence-electron chi connectivity index (χ1n) is 4.88. The van der Waals surface area contributed by atoms with Crippen LogP contribution in [0.4, 0.5) is 0 Å². The van der Waals surface area contributed by atoms with E-state index >= 15 is 0 Å². The number of hydrogen-bond acceptors (Lipinski definition) is 3. The van der Waals surface area contributed by atoms with Crippen molar-refractivity contribution in [1.82, 2.24) is 4.98 Å². The molecule has 0 N–H and O–H groups in total. The smallest absolute Gasteiger partial charge is 0.303 e. The SMILES string of the molecule is CC(=O)OC(CCCBr)c1ccccn1. The zero-order valence-corrected chi connectivity index (χ0v) is 10.2. The van der Waals surface area contributed by atoms with Gasteiger partial charge < -0.3 is 4.74 Å². The summed E-state index contributed by atoms with van der Waals surface area (Å²) in [7, 11) is 0. The highest BCUT2D eigenvalue weighted by atomic mass is 79.9. The van der Waals surface area contributed by atoms with Crippen LogP contribution in [-0.4, -0.2) is 16.3 Å². The van der Waals surface area contributed by atoms with Crippen molar-refractivity contribution in [3.63, 3.8) is 0 Å². The molecule has 0 fully saturated rings. The first kappa shape index (κ1) is 12.2. The zero-order chi connectivity index (χ0) is 11.1. The van der Waals surface area contributed by atoms with E-state index in [4.69, 9.17) is 4.74 Å². The van der Waals surface area contributed by atoms with Crippen LogP contribution in [0.3, 0.4) is 0 Å². The lowest BCUT2D eigenvalue weighted by atomic mass is 10.1. The van der Waals surface area contributed by atoms with Crippen LogP contribution >= 0.6 is 15.9 Å². The molecule has 0 saturated heterocycles. The van der Waals surface area contributed by atoms with E-state index in [1.54, 1.807) is 6.20 Å². The topological polar surface area (TPSA) is 39.2 Å². The molecule has 1 aromatic rings. The van der Waals surface area contributed by atoms with E-state index in [2.05, 4.69) is 20.9 Å². The lowest BCUT2D eigenvalue weighted by Crippen LogP contribution is -2.10. The second-order valence-corrected chi connectivity index (χ2v) is 3.98. The molecule has 0 aliphatic carbocycles. The summed E-state index contributed by atoms with van der Waals surface area (Å²) in [5.41, 5.74) is 0.814. The Morgan fingerprint density at radius 2 is 2.40 bits per heavy atom. The van der Waals surface area contributed by atoms with E-state index in [9.17, 15) is 4.79 Å². The minimum absolute atomic E-state index is 0.221. The monoisotopic (exact) mass is 271 g/mol. The number of pyridine rings is 1. The van der Waals surface area contributed by atoms with Crippen LogP contribution in [0.15, 0.2) is 24.4 Å². The van der Waals surface area contributed by atoms with Crippen molar-refractivity contribution in [2.24, 2.45) is 0 Å². The summed E-state index contributed by atoms with van der Waals surface area (Å²) in [6, 6.07) is 5.62. The number of alkyl halides is 1. The van der Waals surface area contributed by atoms with Gasteiger partial charge in [0.15, 0.2) is 0 Å². The van der Waals surface area contributed by atoms with Gasteiger partial charge in [0.1, 0.15) is 6.10 Å². The minimum atomic E-state index is -0.264. The minimum Gasteiger partial charge on any atom is -0.456 e. The molecule has 0 spiro atoms. The van der Waals surface area contributed by atoms with E-state index < -0.39 is 0 Å². The molecule has 0 saturated carbocycles. The Morgan fingerprint density at radius 3 is 2.93 bits per heavy atom. The third-order valence-electron chi connectivity index (χ3n) is 1.93. The van der Waals surface area contributed by atoms with Gasteiger partial charge in [-0.25, -0.2) is 0 Å². The molecule has 0 aliphatic rings. The number of esters is 1. The fourth-order valence-electron chi connectivity index (χ4n) is 1.30. The normalized spacial score (nSPS) is 12.1. The summed E-state index contributed by atoms with van der Waals surface area (Å²) < 4.78 is 5.22.